The molecule has 48 valence electrons. The van der Waals surface area contributed by atoms with Gasteiger partial charge in [0.1, 0.15) is 0 Å². The van der Waals surface area contributed by atoms with E-state index < -0.39 is 0 Å². The Morgan fingerprint density at radius 1 is 1.88 bits per heavy atom. The van der Waals surface area contributed by atoms with Crippen molar-refractivity contribution in [3.8, 4) is 0 Å². The molecule has 0 saturated carbocycles. The summed E-state index contributed by atoms with van der Waals surface area (Å²) in [4.78, 5) is 10.3. The monoisotopic (exact) mass is 154 g/mol. The lowest BCUT2D eigenvalue weighted by Crippen LogP contribution is -2.04. The molecular weight excluding hydrogens is 146 g/mol. The summed E-state index contributed by atoms with van der Waals surface area (Å²) in [7, 11) is 0.146. The van der Waals surface area contributed by atoms with Crippen molar-refractivity contribution in [2.45, 2.75) is 6.92 Å². The predicted octanol–water partition coefficient (Wildman–Crippen LogP) is 1.38. The zero-order valence-electron chi connectivity index (χ0n) is 4.61. The van der Waals surface area contributed by atoms with E-state index in [-0.39, 0.29) is 13.9 Å². The van der Waals surface area contributed by atoms with Crippen molar-refractivity contribution in [1.29, 1.82) is 0 Å². The van der Waals surface area contributed by atoms with Crippen LogP contribution in [-0.2, 0) is 9.53 Å². The average Bonchev–Trinajstić information content (AvgIpc) is 1.68. The number of carbonyl (C=O) groups excluding carboxylic acids is 1. The molecule has 0 spiro atoms. The summed E-state index contributed by atoms with van der Waals surface area (Å²) in [5.41, 5.74) is 0. The molecule has 0 heterocycles. The first-order valence-corrected chi connectivity index (χ1v) is 4.52. The van der Waals surface area contributed by atoms with E-state index in [0.29, 0.717) is 12.8 Å². The summed E-state index contributed by atoms with van der Waals surface area (Å²) in [5.74, 6) is -0.208. The molecule has 8 heavy (non-hydrogen) atoms. The van der Waals surface area contributed by atoms with E-state index >= 15 is 0 Å². The van der Waals surface area contributed by atoms with Gasteiger partial charge in [-0.1, -0.05) is 11.2 Å². The second kappa shape index (κ2) is 5.33. The molecule has 0 N–H and O–H groups in total. The molecule has 0 aliphatic carbocycles. The van der Waals surface area contributed by atoms with Crippen molar-refractivity contribution in [1.82, 2.24) is 0 Å². The number of carbonyl (C=O) groups is 1. The highest BCUT2D eigenvalue weighted by atomic mass is 35.7. The standard InChI is InChI=1S/C4H8ClO2P/c1-2-7-4(6)3-8-5/h8H,2-3H2,1H3. The lowest BCUT2D eigenvalue weighted by Gasteiger charge is -1.95. The van der Waals surface area contributed by atoms with E-state index in [1.165, 1.54) is 0 Å². The second-order valence-corrected chi connectivity index (χ2v) is 2.54. The first kappa shape index (κ1) is 8.19. The molecule has 0 fully saturated rings. The Balaban J connectivity index is 3.06. The highest BCUT2D eigenvalue weighted by Crippen LogP contribution is 2.14. The van der Waals surface area contributed by atoms with E-state index in [1.807, 2.05) is 0 Å². The maximum atomic E-state index is 10.3. The van der Waals surface area contributed by atoms with Crippen LogP contribution in [0.5, 0.6) is 0 Å². The second-order valence-electron chi connectivity index (χ2n) is 1.12. The van der Waals surface area contributed by atoms with Gasteiger partial charge in [-0.2, -0.15) is 0 Å². The molecule has 0 bridgehead atoms. The first-order chi connectivity index (χ1) is 3.81. The predicted molar refractivity (Wildman–Crippen MR) is 35.7 cm³/mol. The molecule has 0 aliphatic heterocycles. The summed E-state index contributed by atoms with van der Waals surface area (Å²) in [6.07, 6.45) is 0.343. The number of esters is 1. The summed E-state index contributed by atoms with van der Waals surface area (Å²) < 4.78 is 4.57. The van der Waals surface area contributed by atoms with Gasteiger partial charge in [-0.05, 0) is 14.9 Å². The zero-order valence-corrected chi connectivity index (χ0v) is 6.36. The van der Waals surface area contributed by atoms with Gasteiger partial charge in [-0.3, -0.25) is 4.79 Å². The van der Waals surface area contributed by atoms with Crippen molar-refractivity contribution in [3.63, 3.8) is 0 Å². The number of halogens is 1. The molecule has 0 aromatic rings. The smallest absolute Gasteiger partial charge is 0.311 e. The third-order valence-corrected chi connectivity index (χ3v) is 1.34. The van der Waals surface area contributed by atoms with Gasteiger partial charge in [-0.25, -0.2) is 0 Å². The largest absolute Gasteiger partial charge is 0.466 e. The Kier molecular flexibility index (Phi) is 5.46. The van der Waals surface area contributed by atoms with Gasteiger partial charge in [-0.15, -0.1) is 0 Å². The quantitative estimate of drug-likeness (QED) is 0.454. The molecular formula is C4H8ClO2P. The van der Waals surface area contributed by atoms with Gasteiger partial charge in [0.05, 0.1) is 12.8 Å². The molecule has 0 rings (SSSR count). The van der Waals surface area contributed by atoms with Gasteiger partial charge in [0.2, 0.25) is 0 Å². The molecule has 0 aliphatic rings. The van der Waals surface area contributed by atoms with Crippen molar-refractivity contribution < 1.29 is 9.53 Å². The Morgan fingerprint density at radius 2 is 2.50 bits per heavy atom. The van der Waals surface area contributed by atoms with Crippen molar-refractivity contribution in [2.75, 3.05) is 12.8 Å². The van der Waals surface area contributed by atoms with Crippen LogP contribution in [0.3, 0.4) is 0 Å². The van der Waals surface area contributed by atoms with Crippen molar-refractivity contribution in [3.05, 3.63) is 0 Å². The van der Waals surface area contributed by atoms with Crippen LogP contribution in [0.1, 0.15) is 6.92 Å². The van der Waals surface area contributed by atoms with Crippen molar-refractivity contribution in [2.24, 2.45) is 0 Å². The molecule has 0 aromatic carbocycles. The van der Waals surface area contributed by atoms with Crippen LogP contribution in [0, 0.1) is 0 Å². The molecule has 0 radical (unpaired) electrons. The zero-order chi connectivity index (χ0) is 6.41. The third-order valence-electron chi connectivity index (χ3n) is 0.516. The van der Waals surface area contributed by atoms with Crippen LogP contribution >= 0.6 is 19.2 Å². The maximum Gasteiger partial charge on any atom is 0.311 e. The van der Waals surface area contributed by atoms with Gasteiger partial charge >= 0.3 is 5.97 Å². The van der Waals surface area contributed by atoms with Crippen LogP contribution in [0.4, 0.5) is 0 Å². The minimum absolute atomic E-state index is 0.146. The summed E-state index contributed by atoms with van der Waals surface area (Å²) in [6.45, 7) is 2.22. The molecule has 0 amide bonds. The van der Waals surface area contributed by atoms with E-state index in [0.717, 1.165) is 0 Å². The highest BCUT2D eigenvalue weighted by molar-refractivity contribution is 7.69. The van der Waals surface area contributed by atoms with Crippen LogP contribution in [-0.4, -0.2) is 18.7 Å². The topological polar surface area (TPSA) is 26.3 Å². The average molecular weight is 155 g/mol. The molecule has 2 nitrogen and oxygen atoms in total. The van der Waals surface area contributed by atoms with E-state index in [9.17, 15) is 4.79 Å². The van der Waals surface area contributed by atoms with E-state index in [1.54, 1.807) is 6.92 Å². The lowest BCUT2D eigenvalue weighted by atomic mass is 10.8. The molecule has 1 atom stereocenters. The molecule has 0 saturated heterocycles. The van der Waals surface area contributed by atoms with Crippen LogP contribution in [0.25, 0.3) is 0 Å². The number of hydrogen-bond donors (Lipinski definition) is 0. The number of ether oxygens (including phenoxy) is 1. The fourth-order valence-corrected chi connectivity index (χ4v) is 0.805. The third kappa shape index (κ3) is 4.35. The maximum absolute atomic E-state index is 10.3. The lowest BCUT2D eigenvalue weighted by molar-refractivity contribution is -0.139. The van der Waals surface area contributed by atoms with Crippen LogP contribution < -0.4 is 0 Å². The molecule has 0 aromatic heterocycles. The van der Waals surface area contributed by atoms with E-state index in [4.69, 9.17) is 11.2 Å². The Labute approximate surface area is 55.1 Å². The van der Waals surface area contributed by atoms with Gasteiger partial charge in [0.25, 0.3) is 0 Å². The summed E-state index contributed by atoms with van der Waals surface area (Å²) in [5, 5.41) is 0. The number of rotatable bonds is 3. The highest BCUT2D eigenvalue weighted by Gasteiger charge is 1.96. The summed E-state index contributed by atoms with van der Waals surface area (Å²) >= 11 is 5.26. The molecule has 1 unspecified atom stereocenters. The van der Waals surface area contributed by atoms with E-state index in [2.05, 4.69) is 4.74 Å². The first-order valence-electron chi connectivity index (χ1n) is 2.30. The Hall–Kier alpha value is 0.190. The van der Waals surface area contributed by atoms with Crippen molar-refractivity contribution >= 4 is 25.1 Å². The normalized spacial score (nSPS) is 10.2. The Bertz CT molecular complexity index is 68.4. The summed E-state index contributed by atoms with van der Waals surface area (Å²) in [6, 6.07) is 0. The Morgan fingerprint density at radius 3 is 2.88 bits per heavy atom. The minimum Gasteiger partial charge on any atom is -0.466 e. The van der Waals surface area contributed by atoms with Crippen LogP contribution in [0.15, 0.2) is 0 Å². The SMILES string of the molecule is CCOC(=O)CPCl. The van der Waals surface area contributed by atoms with Gasteiger partial charge in [0, 0.05) is 0 Å². The van der Waals surface area contributed by atoms with Gasteiger partial charge in [0.15, 0.2) is 0 Å². The molecule has 4 heteroatoms. The fraction of sp³-hybridized carbons (Fsp3) is 0.750. The minimum atomic E-state index is -0.208. The van der Waals surface area contributed by atoms with Gasteiger partial charge < -0.3 is 4.74 Å². The van der Waals surface area contributed by atoms with Crippen LogP contribution in [0.2, 0.25) is 0 Å². The fourth-order valence-electron chi connectivity index (χ4n) is 0.267. The number of hydrogen-bond acceptors (Lipinski definition) is 2.